The van der Waals surface area contributed by atoms with Crippen LogP contribution in [0.2, 0.25) is 0 Å². The molecule has 0 saturated carbocycles. The molecule has 10 heteroatoms. The van der Waals surface area contributed by atoms with Crippen LogP contribution in [0, 0.1) is 5.82 Å². The van der Waals surface area contributed by atoms with Crippen LogP contribution < -0.4 is 16.4 Å². The molecule has 0 aliphatic heterocycles. The van der Waals surface area contributed by atoms with Crippen molar-refractivity contribution in [3.8, 4) is 0 Å². The minimum atomic E-state index is -4.66. The summed E-state index contributed by atoms with van der Waals surface area (Å²) in [6, 6.07) is 9.07. The molecule has 0 radical (unpaired) electrons. The third-order valence-corrected chi connectivity index (χ3v) is 3.83. The van der Waals surface area contributed by atoms with Gasteiger partial charge in [0, 0.05) is 18.7 Å². The number of halogens is 5. The van der Waals surface area contributed by atoms with Crippen molar-refractivity contribution >= 4 is 35.8 Å². The highest BCUT2D eigenvalue weighted by Gasteiger charge is 2.33. The standard InChI is InChI=1S/C19H20F4N4O.HI/c1-2-25-18(26-10-12-3-5-13(6-4-12)17(24)28)27-11-14-7-8-15(20)9-16(14)19(21,22)23;/h3-9H,2,10-11H2,1H3,(H2,24,28)(H2,25,26,27);1H. The third-order valence-electron chi connectivity index (χ3n) is 3.83. The van der Waals surface area contributed by atoms with Crippen molar-refractivity contribution in [1.29, 1.82) is 0 Å². The first-order chi connectivity index (χ1) is 13.2. The van der Waals surface area contributed by atoms with Crippen LogP contribution in [-0.2, 0) is 19.3 Å². The van der Waals surface area contributed by atoms with Crippen LogP contribution >= 0.6 is 24.0 Å². The maximum absolute atomic E-state index is 13.2. The Kier molecular flexibility index (Phi) is 9.34. The quantitative estimate of drug-likeness (QED) is 0.233. The van der Waals surface area contributed by atoms with E-state index >= 15 is 0 Å². The van der Waals surface area contributed by atoms with E-state index in [-0.39, 0.29) is 42.6 Å². The topological polar surface area (TPSA) is 79.5 Å². The van der Waals surface area contributed by atoms with E-state index in [1.54, 1.807) is 24.3 Å². The Morgan fingerprint density at radius 1 is 1.10 bits per heavy atom. The second kappa shape index (κ2) is 11.0. The van der Waals surface area contributed by atoms with Crippen LogP contribution in [-0.4, -0.2) is 18.4 Å². The molecular formula is C19H21F4IN4O. The Hall–Kier alpha value is -2.37. The predicted molar refractivity (Wildman–Crippen MR) is 113 cm³/mol. The Labute approximate surface area is 182 Å². The van der Waals surface area contributed by atoms with Gasteiger partial charge in [0.2, 0.25) is 5.91 Å². The Bertz CT molecular complexity index is 854. The number of hydrogen-bond donors (Lipinski definition) is 3. The van der Waals surface area contributed by atoms with Gasteiger partial charge in [-0.2, -0.15) is 13.2 Å². The fourth-order valence-corrected chi connectivity index (χ4v) is 2.43. The van der Waals surface area contributed by atoms with Crippen molar-refractivity contribution in [3.63, 3.8) is 0 Å². The first-order valence-corrected chi connectivity index (χ1v) is 8.47. The van der Waals surface area contributed by atoms with Gasteiger partial charge in [-0.05, 0) is 42.3 Å². The molecule has 0 heterocycles. The molecule has 4 N–H and O–H groups in total. The molecule has 2 aromatic rings. The molecule has 158 valence electrons. The first-order valence-electron chi connectivity index (χ1n) is 8.47. The zero-order chi connectivity index (χ0) is 20.7. The van der Waals surface area contributed by atoms with Gasteiger partial charge in [0.1, 0.15) is 5.82 Å². The van der Waals surface area contributed by atoms with E-state index in [0.29, 0.717) is 24.1 Å². The number of hydrogen-bond acceptors (Lipinski definition) is 2. The molecule has 0 aliphatic rings. The molecule has 0 spiro atoms. The number of carbonyl (C=O) groups excluding carboxylic acids is 1. The number of benzene rings is 2. The molecule has 0 saturated heterocycles. The summed E-state index contributed by atoms with van der Waals surface area (Å²) >= 11 is 0. The van der Waals surface area contributed by atoms with Crippen molar-refractivity contribution in [2.45, 2.75) is 26.2 Å². The Morgan fingerprint density at radius 3 is 2.31 bits per heavy atom. The molecule has 0 atom stereocenters. The second-order valence-electron chi connectivity index (χ2n) is 5.91. The number of carbonyl (C=O) groups is 1. The van der Waals surface area contributed by atoms with Crippen molar-refractivity contribution in [1.82, 2.24) is 10.6 Å². The monoisotopic (exact) mass is 524 g/mol. The lowest BCUT2D eigenvalue weighted by atomic mass is 10.1. The molecule has 29 heavy (non-hydrogen) atoms. The maximum Gasteiger partial charge on any atom is 0.416 e. The van der Waals surface area contributed by atoms with Gasteiger partial charge in [-0.15, -0.1) is 24.0 Å². The summed E-state index contributed by atoms with van der Waals surface area (Å²) in [6.45, 7) is 2.38. The predicted octanol–water partition coefficient (Wildman–Crippen LogP) is 3.82. The average molecular weight is 524 g/mol. The van der Waals surface area contributed by atoms with E-state index in [1.165, 1.54) is 0 Å². The van der Waals surface area contributed by atoms with Gasteiger partial charge in [-0.1, -0.05) is 18.2 Å². The fraction of sp³-hybridized carbons (Fsp3) is 0.263. The molecule has 5 nitrogen and oxygen atoms in total. The van der Waals surface area contributed by atoms with Gasteiger partial charge in [-0.25, -0.2) is 9.38 Å². The largest absolute Gasteiger partial charge is 0.416 e. The second-order valence-corrected chi connectivity index (χ2v) is 5.91. The molecule has 0 fully saturated rings. The van der Waals surface area contributed by atoms with Crippen LogP contribution in [0.1, 0.15) is 34.0 Å². The van der Waals surface area contributed by atoms with Gasteiger partial charge < -0.3 is 16.4 Å². The summed E-state index contributed by atoms with van der Waals surface area (Å²) in [5.41, 5.74) is 5.22. The molecule has 1 amide bonds. The number of alkyl halides is 3. The summed E-state index contributed by atoms with van der Waals surface area (Å²) in [6.07, 6.45) is -4.66. The minimum absolute atomic E-state index is 0. The van der Waals surface area contributed by atoms with E-state index in [0.717, 1.165) is 17.7 Å². The number of primary amides is 1. The fourth-order valence-electron chi connectivity index (χ4n) is 2.43. The molecule has 0 aromatic heterocycles. The van der Waals surface area contributed by atoms with Crippen LogP contribution in [0.3, 0.4) is 0 Å². The molecule has 2 aromatic carbocycles. The van der Waals surface area contributed by atoms with Crippen LogP contribution in [0.5, 0.6) is 0 Å². The van der Waals surface area contributed by atoms with E-state index in [1.807, 2.05) is 6.92 Å². The van der Waals surface area contributed by atoms with Crippen LogP contribution in [0.25, 0.3) is 0 Å². The lowest BCUT2D eigenvalue weighted by Gasteiger charge is -2.16. The lowest BCUT2D eigenvalue weighted by Crippen LogP contribution is -2.37. The smallest absolute Gasteiger partial charge is 0.366 e. The van der Waals surface area contributed by atoms with E-state index in [9.17, 15) is 22.4 Å². The summed E-state index contributed by atoms with van der Waals surface area (Å²) in [5.74, 6) is -1.18. The number of nitrogens with two attached hydrogens (primary N) is 1. The van der Waals surface area contributed by atoms with E-state index < -0.39 is 23.5 Å². The van der Waals surface area contributed by atoms with Gasteiger partial charge in [-0.3, -0.25) is 4.79 Å². The average Bonchev–Trinajstić information content (AvgIpc) is 2.64. The SMILES string of the molecule is CCNC(=NCc1ccc(C(N)=O)cc1)NCc1ccc(F)cc1C(F)(F)F.I. The lowest BCUT2D eigenvalue weighted by molar-refractivity contribution is -0.138. The number of guanidine groups is 1. The molecule has 0 unspecified atom stereocenters. The molecule has 0 aliphatic carbocycles. The zero-order valence-electron chi connectivity index (χ0n) is 15.5. The number of nitrogens with one attached hydrogen (secondary N) is 2. The van der Waals surface area contributed by atoms with Gasteiger partial charge in [0.05, 0.1) is 12.1 Å². The van der Waals surface area contributed by atoms with Gasteiger partial charge >= 0.3 is 6.18 Å². The molecule has 0 bridgehead atoms. The zero-order valence-corrected chi connectivity index (χ0v) is 17.8. The Morgan fingerprint density at radius 2 is 1.76 bits per heavy atom. The highest BCUT2D eigenvalue weighted by molar-refractivity contribution is 14.0. The number of nitrogens with zero attached hydrogens (tertiary/aromatic N) is 1. The summed E-state index contributed by atoms with van der Waals surface area (Å²) in [5, 5.41) is 5.74. The normalized spacial score (nSPS) is 11.6. The van der Waals surface area contributed by atoms with Gasteiger partial charge in [0.15, 0.2) is 5.96 Å². The van der Waals surface area contributed by atoms with Crippen molar-refractivity contribution in [3.05, 3.63) is 70.5 Å². The van der Waals surface area contributed by atoms with E-state index in [2.05, 4.69) is 15.6 Å². The summed E-state index contributed by atoms with van der Waals surface area (Å²) in [7, 11) is 0. The van der Waals surface area contributed by atoms with Crippen molar-refractivity contribution in [2.24, 2.45) is 10.7 Å². The van der Waals surface area contributed by atoms with Crippen molar-refractivity contribution < 1.29 is 22.4 Å². The summed E-state index contributed by atoms with van der Waals surface area (Å²) in [4.78, 5) is 15.4. The molecule has 2 rings (SSSR count). The summed E-state index contributed by atoms with van der Waals surface area (Å²) < 4.78 is 52.5. The number of rotatable bonds is 6. The number of amides is 1. The highest BCUT2D eigenvalue weighted by atomic mass is 127. The van der Waals surface area contributed by atoms with Gasteiger partial charge in [0.25, 0.3) is 0 Å². The molecular weight excluding hydrogens is 503 g/mol. The van der Waals surface area contributed by atoms with Crippen LogP contribution in [0.15, 0.2) is 47.5 Å². The third kappa shape index (κ3) is 7.52. The Balaban J connectivity index is 0.00000420. The van der Waals surface area contributed by atoms with E-state index in [4.69, 9.17) is 5.73 Å². The first kappa shape index (κ1) is 24.7. The minimum Gasteiger partial charge on any atom is -0.366 e. The maximum atomic E-state index is 13.2. The van der Waals surface area contributed by atoms with Crippen molar-refractivity contribution in [2.75, 3.05) is 6.54 Å². The number of aliphatic imine (C=N–C) groups is 1. The van der Waals surface area contributed by atoms with Crippen LogP contribution in [0.4, 0.5) is 17.6 Å². The highest BCUT2D eigenvalue weighted by Crippen LogP contribution is 2.32.